The lowest BCUT2D eigenvalue weighted by molar-refractivity contribution is 0.00818. The van der Waals surface area contributed by atoms with Gasteiger partial charge in [-0.1, -0.05) is 0 Å². The molecule has 78 valence electrons. The number of methoxy groups -OCH3 is 1. The van der Waals surface area contributed by atoms with E-state index in [4.69, 9.17) is 9.84 Å². The minimum atomic E-state index is -0.904. The van der Waals surface area contributed by atoms with E-state index in [2.05, 4.69) is 0 Å². The minimum absolute atomic E-state index is 0.283. The zero-order valence-electron chi connectivity index (χ0n) is 8.65. The lowest BCUT2D eigenvalue weighted by atomic mass is 10.1. The summed E-state index contributed by atoms with van der Waals surface area (Å²) in [5.74, 6) is -0.904. The monoisotopic (exact) mass is 197 g/mol. The molecule has 1 aromatic heterocycles. The first-order valence-corrected chi connectivity index (χ1v) is 4.39. The molecule has 1 aromatic rings. The Morgan fingerprint density at radius 2 is 2.29 bits per heavy atom. The molecule has 0 saturated carbocycles. The van der Waals surface area contributed by atoms with Gasteiger partial charge in [0.2, 0.25) is 0 Å². The van der Waals surface area contributed by atoms with Gasteiger partial charge in [0, 0.05) is 19.5 Å². The molecule has 0 fully saturated rings. The predicted molar refractivity (Wildman–Crippen MR) is 52.5 cm³/mol. The molecule has 0 amide bonds. The van der Waals surface area contributed by atoms with Crippen molar-refractivity contribution in [1.82, 2.24) is 4.57 Å². The van der Waals surface area contributed by atoms with Crippen LogP contribution in [0.25, 0.3) is 0 Å². The first-order valence-electron chi connectivity index (χ1n) is 4.39. The molecule has 0 atom stereocenters. The predicted octanol–water partition coefficient (Wildman–Crippen LogP) is 1.61. The number of hydrogen-bond donors (Lipinski definition) is 1. The molecule has 0 radical (unpaired) electrons. The van der Waals surface area contributed by atoms with Crippen molar-refractivity contribution in [3.05, 3.63) is 24.0 Å². The highest BCUT2D eigenvalue weighted by atomic mass is 16.5. The van der Waals surface area contributed by atoms with E-state index in [0.29, 0.717) is 12.1 Å². The van der Waals surface area contributed by atoms with Crippen molar-refractivity contribution in [2.24, 2.45) is 0 Å². The van der Waals surface area contributed by atoms with Gasteiger partial charge >= 0.3 is 5.97 Å². The van der Waals surface area contributed by atoms with Crippen molar-refractivity contribution >= 4 is 5.97 Å². The topological polar surface area (TPSA) is 51.5 Å². The maximum atomic E-state index is 10.6. The zero-order chi connectivity index (χ0) is 10.8. The van der Waals surface area contributed by atoms with Gasteiger partial charge < -0.3 is 14.4 Å². The smallest absolute Gasteiger partial charge is 0.337 e. The van der Waals surface area contributed by atoms with Crippen LogP contribution >= 0.6 is 0 Å². The number of rotatable bonds is 4. The number of aromatic nitrogens is 1. The average molecular weight is 197 g/mol. The van der Waals surface area contributed by atoms with E-state index >= 15 is 0 Å². The van der Waals surface area contributed by atoms with Crippen molar-refractivity contribution in [1.29, 1.82) is 0 Å². The molecule has 0 aliphatic rings. The number of carboxylic acid groups (broad SMARTS) is 1. The van der Waals surface area contributed by atoms with Crippen LogP contribution in [-0.4, -0.2) is 28.4 Å². The Hall–Kier alpha value is -1.29. The molecule has 4 heteroatoms. The highest BCUT2D eigenvalue weighted by Crippen LogP contribution is 2.12. The van der Waals surface area contributed by atoms with Gasteiger partial charge in [-0.3, -0.25) is 0 Å². The molecule has 0 unspecified atom stereocenters. The SMILES string of the molecule is COC(C)(C)Cn1ccc(C(=O)O)c1. The third kappa shape index (κ3) is 2.60. The molecule has 0 aromatic carbocycles. The van der Waals surface area contributed by atoms with Crippen molar-refractivity contribution < 1.29 is 14.6 Å². The van der Waals surface area contributed by atoms with Crippen molar-refractivity contribution in [3.63, 3.8) is 0 Å². The van der Waals surface area contributed by atoms with Gasteiger partial charge in [0.15, 0.2) is 0 Å². The highest BCUT2D eigenvalue weighted by molar-refractivity contribution is 5.87. The maximum Gasteiger partial charge on any atom is 0.337 e. The maximum absolute atomic E-state index is 10.6. The molecule has 0 saturated heterocycles. The average Bonchev–Trinajstić information content (AvgIpc) is 2.52. The number of hydrogen-bond acceptors (Lipinski definition) is 2. The zero-order valence-corrected chi connectivity index (χ0v) is 8.65. The van der Waals surface area contributed by atoms with E-state index in [1.807, 2.05) is 18.4 Å². The van der Waals surface area contributed by atoms with E-state index in [0.717, 1.165) is 0 Å². The van der Waals surface area contributed by atoms with Crippen molar-refractivity contribution in [2.75, 3.05) is 7.11 Å². The van der Waals surface area contributed by atoms with Gasteiger partial charge in [0.1, 0.15) is 0 Å². The summed E-state index contributed by atoms with van der Waals surface area (Å²) in [7, 11) is 1.64. The Kier molecular flexibility index (Phi) is 2.96. The number of carboxylic acids is 1. The summed E-state index contributed by atoms with van der Waals surface area (Å²) in [4.78, 5) is 10.6. The molecule has 0 spiro atoms. The second kappa shape index (κ2) is 3.84. The van der Waals surface area contributed by atoms with Crippen LogP contribution in [-0.2, 0) is 11.3 Å². The van der Waals surface area contributed by atoms with E-state index in [1.54, 1.807) is 25.6 Å². The van der Waals surface area contributed by atoms with E-state index in [1.165, 1.54) is 0 Å². The highest BCUT2D eigenvalue weighted by Gasteiger charge is 2.17. The van der Waals surface area contributed by atoms with E-state index < -0.39 is 5.97 Å². The second-order valence-electron chi connectivity index (χ2n) is 3.84. The van der Waals surface area contributed by atoms with Gasteiger partial charge in [0.05, 0.1) is 17.7 Å². The molecular weight excluding hydrogens is 182 g/mol. The number of nitrogens with zero attached hydrogens (tertiary/aromatic N) is 1. The Morgan fingerprint density at radius 1 is 1.64 bits per heavy atom. The van der Waals surface area contributed by atoms with Gasteiger partial charge in [-0.05, 0) is 19.9 Å². The summed E-state index contributed by atoms with van der Waals surface area (Å²) in [6.07, 6.45) is 3.34. The summed E-state index contributed by atoms with van der Waals surface area (Å²) in [5.41, 5.74) is 0.0197. The normalized spacial score (nSPS) is 11.6. The molecule has 14 heavy (non-hydrogen) atoms. The van der Waals surface area contributed by atoms with Crippen molar-refractivity contribution in [3.8, 4) is 0 Å². The number of ether oxygens (including phenoxy) is 1. The fourth-order valence-electron chi connectivity index (χ4n) is 1.17. The van der Waals surface area contributed by atoms with Gasteiger partial charge in [-0.2, -0.15) is 0 Å². The summed E-state index contributed by atoms with van der Waals surface area (Å²) in [6, 6.07) is 1.58. The van der Waals surface area contributed by atoms with Crippen molar-refractivity contribution in [2.45, 2.75) is 26.0 Å². The largest absolute Gasteiger partial charge is 0.478 e. The summed E-state index contributed by atoms with van der Waals surface area (Å²) >= 11 is 0. The molecular formula is C10H15NO3. The molecule has 1 N–H and O–H groups in total. The fourth-order valence-corrected chi connectivity index (χ4v) is 1.17. The lowest BCUT2D eigenvalue weighted by Crippen LogP contribution is -2.28. The number of aromatic carboxylic acids is 1. The summed E-state index contributed by atoms with van der Waals surface area (Å²) in [5, 5.41) is 8.71. The van der Waals surface area contributed by atoms with Crippen LogP contribution in [0, 0.1) is 0 Å². The van der Waals surface area contributed by atoms with Crippen LogP contribution in [0.3, 0.4) is 0 Å². The Bertz CT molecular complexity index is 328. The fraction of sp³-hybridized carbons (Fsp3) is 0.500. The third-order valence-corrected chi connectivity index (χ3v) is 2.11. The Labute approximate surface area is 83.1 Å². The van der Waals surface area contributed by atoms with Gasteiger partial charge in [-0.15, -0.1) is 0 Å². The Morgan fingerprint density at radius 3 is 2.71 bits per heavy atom. The Balaban J connectivity index is 2.73. The van der Waals surface area contributed by atoms with Crippen LogP contribution < -0.4 is 0 Å². The summed E-state index contributed by atoms with van der Waals surface area (Å²) < 4.78 is 7.06. The minimum Gasteiger partial charge on any atom is -0.478 e. The molecule has 0 bridgehead atoms. The van der Waals surface area contributed by atoms with Crippen LogP contribution in [0.15, 0.2) is 18.5 Å². The second-order valence-corrected chi connectivity index (χ2v) is 3.84. The van der Waals surface area contributed by atoms with Crippen LogP contribution in [0.1, 0.15) is 24.2 Å². The standard InChI is InChI=1S/C10H15NO3/c1-10(2,14-3)7-11-5-4-8(6-11)9(12)13/h4-6H,7H2,1-3H3,(H,12,13). The molecule has 1 rings (SSSR count). The first kappa shape index (κ1) is 10.8. The van der Waals surface area contributed by atoms with Crippen LogP contribution in [0.2, 0.25) is 0 Å². The first-order chi connectivity index (χ1) is 6.44. The van der Waals surface area contributed by atoms with Crippen LogP contribution in [0.4, 0.5) is 0 Å². The molecule has 1 heterocycles. The molecule has 4 nitrogen and oxygen atoms in total. The van der Waals surface area contributed by atoms with Gasteiger partial charge in [0.25, 0.3) is 0 Å². The van der Waals surface area contributed by atoms with E-state index in [9.17, 15) is 4.79 Å². The molecule has 0 aliphatic carbocycles. The summed E-state index contributed by atoms with van der Waals surface area (Å²) in [6.45, 7) is 4.54. The lowest BCUT2D eigenvalue weighted by Gasteiger charge is -2.23. The van der Waals surface area contributed by atoms with Gasteiger partial charge in [-0.25, -0.2) is 4.79 Å². The quantitative estimate of drug-likeness (QED) is 0.797. The van der Waals surface area contributed by atoms with E-state index in [-0.39, 0.29) is 5.60 Å². The number of carbonyl (C=O) groups is 1. The van der Waals surface area contributed by atoms with Crippen LogP contribution in [0.5, 0.6) is 0 Å². The third-order valence-electron chi connectivity index (χ3n) is 2.11. The molecule has 0 aliphatic heterocycles.